The number of hydrogen-bond donors (Lipinski definition) is 1. The molecule has 0 spiro atoms. The molecule has 0 bridgehead atoms. The minimum Gasteiger partial charge on any atom is -0.399 e. The summed E-state index contributed by atoms with van der Waals surface area (Å²) < 4.78 is 0. The zero-order valence-electron chi connectivity index (χ0n) is 13.1. The molecule has 1 fully saturated rings. The van der Waals surface area contributed by atoms with Gasteiger partial charge in [-0.05, 0) is 49.4 Å². The minimum atomic E-state index is 0.784. The predicted octanol–water partition coefficient (Wildman–Crippen LogP) is 4.45. The molecular weight excluding hydrogens is 244 g/mol. The predicted molar refractivity (Wildman–Crippen MR) is 87.6 cm³/mol. The topological polar surface area (TPSA) is 29.3 Å². The lowest BCUT2D eigenvalue weighted by Crippen LogP contribution is -2.38. The summed E-state index contributed by atoms with van der Waals surface area (Å²) >= 11 is 0. The van der Waals surface area contributed by atoms with Gasteiger partial charge in [-0.15, -0.1) is 0 Å². The second-order valence-corrected chi connectivity index (χ2v) is 6.31. The Kier molecular flexibility index (Phi) is 5.90. The van der Waals surface area contributed by atoms with Crippen LogP contribution in [0.25, 0.3) is 0 Å². The van der Waals surface area contributed by atoms with Gasteiger partial charge in [-0.3, -0.25) is 4.90 Å². The molecule has 2 N–H and O–H groups in total. The number of rotatable bonds is 6. The average molecular weight is 274 g/mol. The molecule has 0 heterocycles. The highest BCUT2D eigenvalue weighted by molar-refractivity contribution is 5.39. The quantitative estimate of drug-likeness (QED) is 0.777. The molecule has 20 heavy (non-hydrogen) atoms. The van der Waals surface area contributed by atoms with Gasteiger partial charge in [-0.1, -0.05) is 45.2 Å². The van der Waals surface area contributed by atoms with E-state index in [2.05, 4.69) is 30.9 Å². The maximum absolute atomic E-state index is 5.78. The molecule has 0 saturated heterocycles. The highest BCUT2D eigenvalue weighted by Crippen LogP contribution is 2.30. The zero-order valence-corrected chi connectivity index (χ0v) is 13.1. The maximum atomic E-state index is 5.78. The monoisotopic (exact) mass is 274 g/mol. The first-order chi connectivity index (χ1) is 9.72. The van der Waals surface area contributed by atoms with Crippen LogP contribution in [0.1, 0.15) is 57.9 Å². The lowest BCUT2D eigenvalue weighted by atomic mass is 9.83. The summed E-state index contributed by atoms with van der Waals surface area (Å²) in [5.74, 6) is 0.944. The first-order valence-electron chi connectivity index (χ1n) is 8.31. The zero-order chi connectivity index (χ0) is 14.4. The van der Waals surface area contributed by atoms with E-state index in [1.54, 1.807) is 0 Å². The van der Waals surface area contributed by atoms with E-state index < -0.39 is 0 Å². The van der Waals surface area contributed by atoms with Crippen molar-refractivity contribution in [2.45, 2.75) is 65.0 Å². The molecule has 2 heteroatoms. The van der Waals surface area contributed by atoms with E-state index in [-0.39, 0.29) is 0 Å². The smallest absolute Gasteiger partial charge is 0.0314 e. The van der Waals surface area contributed by atoms with Crippen LogP contribution in [0, 0.1) is 5.92 Å². The Hall–Kier alpha value is -1.02. The van der Waals surface area contributed by atoms with E-state index in [0.717, 1.165) is 24.2 Å². The molecule has 2 atom stereocenters. The van der Waals surface area contributed by atoms with E-state index in [1.807, 2.05) is 12.1 Å². The molecule has 1 aromatic rings. The maximum Gasteiger partial charge on any atom is 0.0314 e. The Morgan fingerprint density at radius 2 is 1.90 bits per heavy atom. The van der Waals surface area contributed by atoms with Crippen LogP contribution in [0.5, 0.6) is 0 Å². The van der Waals surface area contributed by atoms with Crippen molar-refractivity contribution in [3.63, 3.8) is 0 Å². The van der Waals surface area contributed by atoms with Crippen LogP contribution in [0.4, 0.5) is 5.69 Å². The first-order valence-corrected chi connectivity index (χ1v) is 8.31. The summed E-state index contributed by atoms with van der Waals surface area (Å²) in [4.78, 5) is 2.70. The Morgan fingerprint density at radius 3 is 2.55 bits per heavy atom. The number of nitrogens with two attached hydrogens (primary N) is 1. The van der Waals surface area contributed by atoms with Crippen molar-refractivity contribution in [2.75, 3.05) is 12.3 Å². The van der Waals surface area contributed by atoms with Crippen molar-refractivity contribution in [3.05, 3.63) is 29.8 Å². The van der Waals surface area contributed by atoms with Gasteiger partial charge in [0, 0.05) is 18.3 Å². The van der Waals surface area contributed by atoms with Gasteiger partial charge in [0.15, 0.2) is 0 Å². The Balaban J connectivity index is 2.00. The highest BCUT2D eigenvalue weighted by Gasteiger charge is 2.25. The van der Waals surface area contributed by atoms with Crippen LogP contribution >= 0.6 is 0 Å². The van der Waals surface area contributed by atoms with Gasteiger partial charge in [0.2, 0.25) is 0 Å². The third-order valence-electron chi connectivity index (χ3n) is 4.73. The van der Waals surface area contributed by atoms with Crippen LogP contribution in [0.15, 0.2) is 24.3 Å². The molecular formula is C18H30N2. The van der Waals surface area contributed by atoms with E-state index in [4.69, 9.17) is 5.73 Å². The van der Waals surface area contributed by atoms with Crippen LogP contribution in [0.2, 0.25) is 0 Å². The summed E-state index contributed by atoms with van der Waals surface area (Å²) in [5, 5.41) is 0. The van der Waals surface area contributed by atoms with Crippen molar-refractivity contribution >= 4 is 5.69 Å². The fourth-order valence-electron chi connectivity index (χ4n) is 3.50. The first kappa shape index (κ1) is 15.4. The summed E-state index contributed by atoms with van der Waals surface area (Å²) in [6.45, 7) is 6.92. The summed E-state index contributed by atoms with van der Waals surface area (Å²) in [5.41, 5.74) is 8.04. The lowest BCUT2D eigenvalue weighted by molar-refractivity contribution is 0.121. The van der Waals surface area contributed by atoms with Crippen LogP contribution in [-0.2, 0) is 6.54 Å². The molecule has 1 aromatic carbocycles. The SMILES string of the molecule is CCCN(Cc1ccc(N)cc1)C1CCCC(CC)C1. The van der Waals surface area contributed by atoms with Gasteiger partial charge in [0.1, 0.15) is 0 Å². The van der Waals surface area contributed by atoms with Gasteiger partial charge in [-0.2, -0.15) is 0 Å². The Bertz CT molecular complexity index is 385. The highest BCUT2D eigenvalue weighted by atomic mass is 15.1. The standard InChI is InChI=1S/C18H30N2/c1-3-12-20(14-16-8-10-17(19)11-9-16)18-7-5-6-15(4-2)13-18/h8-11,15,18H,3-7,12-14,19H2,1-2H3. The number of benzene rings is 1. The molecule has 1 aliphatic rings. The summed E-state index contributed by atoms with van der Waals surface area (Å²) in [7, 11) is 0. The van der Waals surface area contributed by atoms with Gasteiger partial charge in [-0.25, -0.2) is 0 Å². The third-order valence-corrected chi connectivity index (χ3v) is 4.73. The third kappa shape index (κ3) is 4.24. The number of nitrogens with zero attached hydrogens (tertiary/aromatic N) is 1. The van der Waals surface area contributed by atoms with Crippen molar-refractivity contribution in [1.82, 2.24) is 4.90 Å². The lowest BCUT2D eigenvalue weighted by Gasteiger charge is -2.37. The van der Waals surface area contributed by atoms with Crippen LogP contribution in [-0.4, -0.2) is 17.5 Å². The number of anilines is 1. The van der Waals surface area contributed by atoms with Crippen molar-refractivity contribution in [3.8, 4) is 0 Å². The molecule has 0 aromatic heterocycles. The van der Waals surface area contributed by atoms with Gasteiger partial charge in [0.25, 0.3) is 0 Å². The second-order valence-electron chi connectivity index (χ2n) is 6.31. The largest absolute Gasteiger partial charge is 0.399 e. The molecule has 1 saturated carbocycles. The molecule has 0 aliphatic heterocycles. The Morgan fingerprint density at radius 1 is 1.15 bits per heavy atom. The fraction of sp³-hybridized carbons (Fsp3) is 0.667. The average Bonchev–Trinajstić information content (AvgIpc) is 2.49. The van der Waals surface area contributed by atoms with Crippen molar-refractivity contribution in [2.24, 2.45) is 5.92 Å². The van der Waals surface area contributed by atoms with E-state index in [1.165, 1.54) is 50.6 Å². The normalized spacial score (nSPS) is 23.1. The fourth-order valence-corrected chi connectivity index (χ4v) is 3.50. The molecule has 2 nitrogen and oxygen atoms in total. The van der Waals surface area contributed by atoms with Gasteiger partial charge >= 0.3 is 0 Å². The van der Waals surface area contributed by atoms with Crippen molar-refractivity contribution in [1.29, 1.82) is 0 Å². The number of nitrogen functional groups attached to an aromatic ring is 1. The molecule has 2 rings (SSSR count). The minimum absolute atomic E-state index is 0.784. The van der Waals surface area contributed by atoms with Crippen LogP contribution in [0.3, 0.4) is 0 Å². The van der Waals surface area contributed by atoms with Crippen LogP contribution < -0.4 is 5.73 Å². The van der Waals surface area contributed by atoms with Gasteiger partial charge in [0.05, 0.1) is 0 Å². The van der Waals surface area contributed by atoms with E-state index in [9.17, 15) is 0 Å². The molecule has 1 aliphatic carbocycles. The molecule has 0 amide bonds. The second kappa shape index (κ2) is 7.68. The van der Waals surface area contributed by atoms with E-state index >= 15 is 0 Å². The summed E-state index contributed by atoms with van der Waals surface area (Å²) in [6, 6.07) is 9.19. The summed E-state index contributed by atoms with van der Waals surface area (Å²) in [6.07, 6.45) is 8.21. The van der Waals surface area contributed by atoms with Gasteiger partial charge < -0.3 is 5.73 Å². The number of hydrogen-bond acceptors (Lipinski definition) is 2. The van der Waals surface area contributed by atoms with E-state index in [0.29, 0.717) is 0 Å². The Labute approximate surface area is 124 Å². The molecule has 2 unspecified atom stereocenters. The van der Waals surface area contributed by atoms with Crippen molar-refractivity contribution < 1.29 is 0 Å². The molecule has 112 valence electrons. The molecule has 0 radical (unpaired) electrons.